The molecule has 1 aromatic rings. The van der Waals surface area contributed by atoms with Gasteiger partial charge in [0, 0.05) is 12.5 Å². The molecule has 2 atom stereocenters. The van der Waals surface area contributed by atoms with Gasteiger partial charge in [0.25, 0.3) is 0 Å². The van der Waals surface area contributed by atoms with E-state index in [9.17, 15) is 4.79 Å². The lowest BCUT2D eigenvalue weighted by molar-refractivity contribution is -0.139. The van der Waals surface area contributed by atoms with Crippen LogP contribution in [0.1, 0.15) is 24.9 Å². The first-order chi connectivity index (χ1) is 8.20. The summed E-state index contributed by atoms with van der Waals surface area (Å²) in [7, 11) is 1.64. The van der Waals surface area contributed by atoms with Gasteiger partial charge >= 0.3 is 5.97 Å². The van der Waals surface area contributed by atoms with Crippen LogP contribution in [0.25, 0.3) is 0 Å². The smallest absolute Gasteiger partial charge is 0.323 e. The molecule has 1 fully saturated rings. The van der Waals surface area contributed by atoms with Gasteiger partial charge in [-0.1, -0.05) is 12.1 Å². The summed E-state index contributed by atoms with van der Waals surface area (Å²) < 4.78 is 10.0. The average Bonchev–Trinajstić information content (AvgIpc) is 2.75. The van der Waals surface area contributed by atoms with Gasteiger partial charge in [-0.3, -0.25) is 10.1 Å². The van der Waals surface area contributed by atoms with Gasteiger partial charge < -0.3 is 9.47 Å². The molecule has 0 saturated carbocycles. The first-order valence-electron chi connectivity index (χ1n) is 5.77. The first-order valence-corrected chi connectivity index (χ1v) is 5.77. The van der Waals surface area contributed by atoms with Gasteiger partial charge in [-0.15, -0.1) is 0 Å². The molecule has 0 aromatic heterocycles. The van der Waals surface area contributed by atoms with Gasteiger partial charge in [-0.25, -0.2) is 0 Å². The van der Waals surface area contributed by atoms with E-state index >= 15 is 0 Å². The van der Waals surface area contributed by atoms with E-state index in [2.05, 4.69) is 5.32 Å². The molecule has 92 valence electrons. The maximum absolute atomic E-state index is 11.3. The van der Waals surface area contributed by atoms with Crippen LogP contribution < -0.4 is 10.1 Å². The van der Waals surface area contributed by atoms with Crippen molar-refractivity contribution in [1.29, 1.82) is 0 Å². The van der Waals surface area contributed by atoms with Crippen molar-refractivity contribution in [2.45, 2.75) is 25.4 Å². The quantitative estimate of drug-likeness (QED) is 0.806. The number of nitrogens with one attached hydrogen (secondary N) is 1. The molecule has 1 aliphatic heterocycles. The minimum absolute atomic E-state index is 0.122. The number of benzene rings is 1. The second-order valence-electron chi connectivity index (χ2n) is 4.17. The van der Waals surface area contributed by atoms with Crippen molar-refractivity contribution in [3.63, 3.8) is 0 Å². The fourth-order valence-corrected chi connectivity index (χ4v) is 1.94. The van der Waals surface area contributed by atoms with E-state index in [1.165, 1.54) is 0 Å². The molecule has 2 unspecified atom stereocenters. The van der Waals surface area contributed by atoms with Gasteiger partial charge in [-0.2, -0.15) is 0 Å². The number of hydrogen-bond donors (Lipinski definition) is 1. The van der Waals surface area contributed by atoms with Crippen molar-refractivity contribution < 1.29 is 14.3 Å². The maximum Gasteiger partial charge on any atom is 0.323 e. The Labute approximate surface area is 101 Å². The zero-order valence-corrected chi connectivity index (χ0v) is 10.1. The van der Waals surface area contributed by atoms with Crippen molar-refractivity contribution in [2.75, 3.05) is 13.7 Å². The Morgan fingerprint density at radius 3 is 2.65 bits per heavy atom. The van der Waals surface area contributed by atoms with E-state index in [1.54, 1.807) is 7.11 Å². The van der Waals surface area contributed by atoms with Gasteiger partial charge in [0.15, 0.2) is 0 Å². The molecule has 4 heteroatoms. The van der Waals surface area contributed by atoms with Gasteiger partial charge in [-0.05, 0) is 24.6 Å². The number of esters is 1. The van der Waals surface area contributed by atoms with Crippen LogP contribution in [0.2, 0.25) is 0 Å². The van der Waals surface area contributed by atoms with E-state index in [0.717, 1.165) is 17.7 Å². The third kappa shape index (κ3) is 2.77. The molecular weight excluding hydrogens is 218 g/mol. The van der Waals surface area contributed by atoms with Crippen LogP contribution >= 0.6 is 0 Å². The minimum Gasteiger partial charge on any atom is -0.497 e. The van der Waals surface area contributed by atoms with Crippen LogP contribution in [-0.4, -0.2) is 25.7 Å². The van der Waals surface area contributed by atoms with Crippen molar-refractivity contribution in [2.24, 2.45) is 0 Å². The maximum atomic E-state index is 11.3. The molecule has 0 aliphatic carbocycles. The van der Waals surface area contributed by atoms with Crippen LogP contribution in [0.3, 0.4) is 0 Å². The molecule has 0 radical (unpaired) electrons. The highest BCUT2D eigenvalue weighted by molar-refractivity contribution is 5.77. The van der Waals surface area contributed by atoms with Crippen molar-refractivity contribution in [3.05, 3.63) is 29.8 Å². The number of ether oxygens (including phenoxy) is 2. The van der Waals surface area contributed by atoms with Crippen LogP contribution in [0.5, 0.6) is 5.75 Å². The third-order valence-electron chi connectivity index (χ3n) is 3.00. The van der Waals surface area contributed by atoms with E-state index in [4.69, 9.17) is 9.47 Å². The lowest BCUT2D eigenvalue weighted by Gasteiger charge is -2.17. The number of hydrogen-bond acceptors (Lipinski definition) is 4. The van der Waals surface area contributed by atoms with E-state index in [0.29, 0.717) is 6.61 Å². The van der Waals surface area contributed by atoms with Gasteiger partial charge in [0.1, 0.15) is 11.8 Å². The highest BCUT2D eigenvalue weighted by Crippen LogP contribution is 2.19. The summed E-state index contributed by atoms with van der Waals surface area (Å²) in [4.78, 5) is 11.3. The summed E-state index contributed by atoms with van der Waals surface area (Å²) in [5.41, 5.74) is 1.13. The monoisotopic (exact) mass is 235 g/mol. The molecule has 2 rings (SSSR count). The lowest BCUT2D eigenvalue weighted by atomic mass is 10.1. The number of carbonyl (C=O) groups excluding carboxylic acids is 1. The Morgan fingerprint density at radius 2 is 2.12 bits per heavy atom. The first kappa shape index (κ1) is 11.9. The van der Waals surface area contributed by atoms with Crippen LogP contribution in [0.4, 0.5) is 0 Å². The topological polar surface area (TPSA) is 47.6 Å². The summed E-state index contributed by atoms with van der Waals surface area (Å²) in [6.07, 6.45) is 0.749. The predicted octanol–water partition coefficient (Wildman–Crippen LogP) is 1.66. The number of methoxy groups -OCH3 is 1. The molecule has 0 spiro atoms. The van der Waals surface area contributed by atoms with Crippen molar-refractivity contribution in [3.8, 4) is 5.75 Å². The zero-order valence-electron chi connectivity index (χ0n) is 10.1. The summed E-state index contributed by atoms with van der Waals surface area (Å²) in [6, 6.07) is 7.78. The summed E-state index contributed by atoms with van der Waals surface area (Å²) in [5, 5.41) is 3.27. The van der Waals surface area contributed by atoms with E-state index in [-0.39, 0.29) is 18.1 Å². The third-order valence-corrected chi connectivity index (χ3v) is 3.00. The molecule has 1 heterocycles. The molecule has 1 aliphatic rings. The van der Waals surface area contributed by atoms with E-state index < -0.39 is 0 Å². The predicted molar refractivity (Wildman–Crippen MR) is 63.9 cm³/mol. The molecule has 4 nitrogen and oxygen atoms in total. The molecule has 17 heavy (non-hydrogen) atoms. The highest BCUT2D eigenvalue weighted by atomic mass is 16.5. The van der Waals surface area contributed by atoms with Crippen molar-refractivity contribution >= 4 is 5.97 Å². The standard InChI is InChI=1S/C13H17NO3/c1-9(14-12-7-8-17-13(12)15)10-3-5-11(16-2)6-4-10/h3-6,9,12,14H,7-8H2,1-2H3. The lowest BCUT2D eigenvalue weighted by Crippen LogP contribution is -2.34. The Kier molecular flexibility index (Phi) is 3.64. The molecule has 1 N–H and O–H groups in total. The number of rotatable bonds is 4. The molecule has 0 bridgehead atoms. The van der Waals surface area contributed by atoms with Gasteiger partial charge in [0.05, 0.1) is 13.7 Å². The normalized spacial score (nSPS) is 21.1. The largest absolute Gasteiger partial charge is 0.497 e. The zero-order chi connectivity index (χ0) is 12.3. The second kappa shape index (κ2) is 5.19. The van der Waals surface area contributed by atoms with Crippen LogP contribution in [0.15, 0.2) is 24.3 Å². The Hall–Kier alpha value is -1.55. The Morgan fingerprint density at radius 1 is 1.41 bits per heavy atom. The fourth-order valence-electron chi connectivity index (χ4n) is 1.94. The Bertz CT molecular complexity index is 388. The van der Waals surface area contributed by atoms with Gasteiger partial charge in [0.2, 0.25) is 0 Å². The second-order valence-corrected chi connectivity index (χ2v) is 4.17. The molecule has 1 aromatic carbocycles. The minimum atomic E-state index is -0.174. The average molecular weight is 235 g/mol. The number of carbonyl (C=O) groups is 1. The van der Waals surface area contributed by atoms with Crippen LogP contribution in [0, 0.1) is 0 Å². The molecule has 1 saturated heterocycles. The summed E-state index contributed by atoms with van der Waals surface area (Å²) in [5.74, 6) is 0.687. The summed E-state index contributed by atoms with van der Waals surface area (Å²) in [6.45, 7) is 2.55. The number of cyclic esters (lactones) is 1. The summed E-state index contributed by atoms with van der Waals surface area (Å²) >= 11 is 0. The molecular formula is C13H17NO3. The van der Waals surface area contributed by atoms with Crippen LogP contribution in [-0.2, 0) is 9.53 Å². The highest BCUT2D eigenvalue weighted by Gasteiger charge is 2.27. The fraction of sp³-hybridized carbons (Fsp3) is 0.462. The van der Waals surface area contributed by atoms with Crippen molar-refractivity contribution in [1.82, 2.24) is 5.32 Å². The molecule has 0 amide bonds. The Balaban J connectivity index is 1.98. The van der Waals surface area contributed by atoms with E-state index in [1.807, 2.05) is 31.2 Å². The SMILES string of the molecule is COc1ccc(C(C)NC2CCOC2=O)cc1.